The van der Waals surface area contributed by atoms with Gasteiger partial charge in [-0.3, -0.25) is 4.35 Å². The Balaban J connectivity index is 2.98. The Morgan fingerprint density at radius 2 is 2.18 bits per heavy atom. The smallest absolute Gasteiger partial charge is 0.176 e. The van der Waals surface area contributed by atoms with Gasteiger partial charge < -0.3 is 0 Å². The lowest BCUT2D eigenvalue weighted by atomic mass is 10.6. The van der Waals surface area contributed by atoms with Crippen molar-refractivity contribution in [3.8, 4) is 0 Å². The van der Waals surface area contributed by atoms with Gasteiger partial charge in [0.25, 0.3) is 0 Å². The van der Waals surface area contributed by atoms with Gasteiger partial charge in [0, 0.05) is 6.20 Å². The molecule has 0 aliphatic heterocycles. The second kappa shape index (κ2) is 2.58. The summed E-state index contributed by atoms with van der Waals surface area (Å²) in [5, 5.41) is 6.84. The minimum absolute atomic E-state index is 0.410. The summed E-state index contributed by atoms with van der Waals surface area (Å²) in [6.45, 7) is 6.44. The predicted octanol–water partition coefficient (Wildman–Crippen LogP) is 1.96. The number of aromatic nitrogens is 2. The summed E-state index contributed by atoms with van der Waals surface area (Å²) in [5.41, 5.74) is 0.410. The first-order valence-corrected chi connectivity index (χ1v) is 6.87. The number of nitrogens with zero attached hydrogens (tertiary/aromatic N) is 3. The van der Waals surface area contributed by atoms with E-state index in [-0.39, 0.29) is 0 Å². The SMILES string of the molecule is C[Si](C)(C)n1cc(N=O)cn1. The highest BCUT2D eigenvalue weighted by Crippen LogP contribution is 2.12. The second-order valence-electron chi connectivity index (χ2n) is 3.41. The molecule has 1 aromatic heterocycles. The molecule has 0 unspecified atom stereocenters. The van der Waals surface area contributed by atoms with Crippen molar-refractivity contribution in [2.75, 3.05) is 0 Å². The summed E-state index contributed by atoms with van der Waals surface area (Å²) in [7, 11) is -1.42. The molecule has 1 aromatic rings. The minimum Gasteiger partial charge on any atom is -0.300 e. The van der Waals surface area contributed by atoms with Crippen molar-refractivity contribution in [2.45, 2.75) is 19.6 Å². The fraction of sp³-hybridized carbons (Fsp3) is 0.500. The largest absolute Gasteiger partial charge is 0.300 e. The number of hydrogen-bond acceptors (Lipinski definition) is 3. The molecular formula is C6H11N3OSi. The molecule has 0 N–H and O–H groups in total. The molecule has 11 heavy (non-hydrogen) atoms. The van der Waals surface area contributed by atoms with Crippen LogP contribution in [0.25, 0.3) is 0 Å². The summed E-state index contributed by atoms with van der Waals surface area (Å²) in [4.78, 5) is 10.1. The summed E-state index contributed by atoms with van der Waals surface area (Å²) in [6.07, 6.45) is 3.18. The van der Waals surface area contributed by atoms with Gasteiger partial charge in [-0.05, 0) is 24.8 Å². The molecule has 0 bridgehead atoms. The van der Waals surface area contributed by atoms with Crippen molar-refractivity contribution >= 4 is 13.9 Å². The fourth-order valence-electron chi connectivity index (χ4n) is 0.727. The zero-order valence-corrected chi connectivity index (χ0v) is 7.90. The first-order valence-electron chi connectivity index (χ1n) is 3.42. The van der Waals surface area contributed by atoms with Gasteiger partial charge in [-0.25, -0.2) is 0 Å². The van der Waals surface area contributed by atoms with Crippen LogP contribution in [0.2, 0.25) is 19.6 Å². The van der Waals surface area contributed by atoms with Gasteiger partial charge in [0.1, 0.15) is 5.69 Å². The highest BCUT2D eigenvalue weighted by Gasteiger charge is 2.17. The summed E-state index contributed by atoms with van der Waals surface area (Å²) in [6, 6.07) is 0. The Morgan fingerprint density at radius 1 is 1.55 bits per heavy atom. The van der Waals surface area contributed by atoms with Crippen LogP contribution < -0.4 is 0 Å². The quantitative estimate of drug-likeness (QED) is 0.502. The van der Waals surface area contributed by atoms with Gasteiger partial charge in [0.05, 0.1) is 6.20 Å². The van der Waals surface area contributed by atoms with E-state index in [4.69, 9.17) is 0 Å². The average molecular weight is 169 g/mol. The summed E-state index contributed by atoms with van der Waals surface area (Å²) < 4.78 is 1.85. The van der Waals surface area contributed by atoms with Crippen LogP contribution in [-0.4, -0.2) is 17.7 Å². The van der Waals surface area contributed by atoms with Gasteiger partial charge in [-0.1, -0.05) is 0 Å². The second-order valence-corrected chi connectivity index (χ2v) is 8.21. The monoisotopic (exact) mass is 169 g/mol. The van der Waals surface area contributed by atoms with Crippen LogP contribution in [-0.2, 0) is 0 Å². The molecule has 0 aliphatic carbocycles. The molecule has 0 spiro atoms. The molecule has 0 atom stereocenters. The maximum atomic E-state index is 10.1. The van der Waals surface area contributed by atoms with Crippen molar-refractivity contribution in [1.29, 1.82) is 0 Å². The van der Waals surface area contributed by atoms with Crippen LogP contribution in [0.4, 0.5) is 5.69 Å². The van der Waals surface area contributed by atoms with E-state index in [0.29, 0.717) is 5.69 Å². The van der Waals surface area contributed by atoms with Crippen molar-refractivity contribution in [3.05, 3.63) is 17.3 Å². The maximum Gasteiger partial charge on any atom is 0.176 e. The number of nitroso groups, excluding NO2 is 1. The highest BCUT2D eigenvalue weighted by molar-refractivity contribution is 6.74. The number of hydrogen-bond donors (Lipinski definition) is 0. The third-order valence-corrected chi connectivity index (χ3v) is 2.98. The molecule has 4 nitrogen and oxygen atoms in total. The molecular weight excluding hydrogens is 158 g/mol. The van der Waals surface area contributed by atoms with E-state index in [1.54, 1.807) is 6.20 Å². The van der Waals surface area contributed by atoms with Gasteiger partial charge in [0.2, 0.25) is 0 Å². The lowest BCUT2D eigenvalue weighted by molar-refractivity contribution is 0.934. The van der Waals surface area contributed by atoms with E-state index in [0.717, 1.165) is 0 Å². The van der Waals surface area contributed by atoms with E-state index < -0.39 is 8.24 Å². The van der Waals surface area contributed by atoms with Crippen LogP contribution in [0.5, 0.6) is 0 Å². The Labute approximate surface area is 66.3 Å². The molecule has 1 heterocycles. The molecule has 0 saturated heterocycles. The van der Waals surface area contributed by atoms with Gasteiger partial charge >= 0.3 is 0 Å². The Bertz CT molecular complexity index is 263. The first-order chi connectivity index (χ1) is 5.04. The van der Waals surface area contributed by atoms with E-state index in [1.165, 1.54) is 6.20 Å². The van der Waals surface area contributed by atoms with Gasteiger partial charge in [0.15, 0.2) is 8.24 Å². The minimum atomic E-state index is -1.42. The normalized spacial score (nSPS) is 11.5. The zero-order chi connectivity index (χ0) is 8.48. The molecule has 60 valence electrons. The Morgan fingerprint density at radius 3 is 2.45 bits per heavy atom. The lowest BCUT2D eigenvalue weighted by Crippen LogP contribution is -2.32. The Kier molecular flexibility index (Phi) is 1.90. The summed E-state index contributed by atoms with van der Waals surface area (Å²) >= 11 is 0. The molecule has 0 saturated carbocycles. The number of rotatable bonds is 2. The van der Waals surface area contributed by atoms with E-state index in [2.05, 4.69) is 29.9 Å². The van der Waals surface area contributed by atoms with Crippen molar-refractivity contribution in [2.24, 2.45) is 5.18 Å². The molecule has 5 heteroatoms. The predicted molar refractivity (Wildman–Crippen MR) is 46.4 cm³/mol. The third-order valence-electron chi connectivity index (χ3n) is 1.36. The third kappa shape index (κ3) is 1.74. The lowest BCUT2D eigenvalue weighted by Gasteiger charge is -2.15. The molecule has 0 radical (unpaired) electrons. The first kappa shape index (κ1) is 8.13. The van der Waals surface area contributed by atoms with Crippen molar-refractivity contribution in [1.82, 2.24) is 9.45 Å². The molecule has 0 amide bonds. The zero-order valence-electron chi connectivity index (χ0n) is 6.90. The topological polar surface area (TPSA) is 47.2 Å². The summed E-state index contributed by atoms with van der Waals surface area (Å²) in [5.74, 6) is 0. The average Bonchev–Trinajstić information content (AvgIpc) is 2.32. The molecule has 1 rings (SSSR count). The van der Waals surface area contributed by atoms with Crippen LogP contribution in [0.1, 0.15) is 0 Å². The van der Waals surface area contributed by atoms with Crippen LogP contribution >= 0.6 is 0 Å². The van der Waals surface area contributed by atoms with E-state index >= 15 is 0 Å². The molecule has 0 fully saturated rings. The maximum absolute atomic E-state index is 10.1. The molecule has 0 aromatic carbocycles. The fourth-order valence-corrected chi connectivity index (χ4v) is 1.65. The van der Waals surface area contributed by atoms with Crippen molar-refractivity contribution in [3.63, 3.8) is 0 Å². The van der Waals surface area contributed by atoms with Gasteiger partial charge in [-0.15, -0.1) is 4.91 Å². The standard InChI is InChI=1S/C6H11N3OSi/c1-11(2,3)9-5-6(8-10)4-7-9/h4-5H,1-3H3. The molecule has 0 aliphatic rings. The van der Waals surface area contributed by atoms with Crippen LogP contribution in [0.3, 0.4) is 0 Å². The van der Waals surface area contributed by atoms with E-state index in [1.807, 2.05) is 4.35 Å². The van der Waals surface area contributed by atoms with Crippen molar-refractivity contribution < 1.29 is 0 Å². The Hall–Kier alpha value is -0.973. The van der Waals surface area contributed by atoms with Crippen LogP contribution in [0.15, 0.2) is 17.6 Å². The highest BCUT2D eigenvalue weighted by atomic mass is 28.3. The van der Waals surface area contributed by atoms with Crippen LogP contribution in [0, 0.1) is 4.91 Å². The van der Waals surface area contributed by atoms with E-state index in [9.17, 15) is 4.91 Å². The van der Waals surface area contributed by atoms with Gasteiger partial charge in [-0.2, -0.15) is 5.10 Å².